The molecular weight excluding hydrogens is 253 g/mol. The first-order chi connectivity index (χ1) is 8.59. The molecule has 0 saturated heterocycles. The Kier molecular flexibility index (Phi) is 3.84. The Morgan fingerprint density at radius 3 is 2.61 bits per heavy atom. The molecule has 96 valence electrons. The highest BCUT2D eigenvalue weighted by atomic mass is 35.5. The molecule has 1 saturated carbocycles. The van der Waals surface area contributed by atoms with E-state index in [1.54, 1.807) is 24.3 Å². The van der Waals surface area contributed by atoms with Crippen molar-refractivity contribution in [1.82, 2.24) is 0 Å². The van der Waals surface area contributed by atoms with Crippen molar-refractivity contribution in [3.63, 3.8) is 0 Å². The summed E-state index contributed by atoms with van der Waals surface area (Å²) in [7, 11) is 0. The molecule has 1 fully saturated rings. The molecule has 0 aromatic heterocycles. The molecule has 1 unspecified atom stereocenters. The topological polar surface area (TPSA) is 29.4 Å². The zero-order valence-corrected chi connectivity index (χ0v) is 11.0. The number of halogens is 2. The van der Waals surface area contributed by atoms with Gasteiger partial charge in [0.15, 0.2) is 0 Å². The third-order valence-corrected chi connectivity index (χ3v) is 3.96. The van der Waals surface area contributed by atoms with Crippen LogP contribution in [0, 0.1) is 0 Å². The first kappa shape index (κ1) is 13.3. The number of rotatable bonds is 3. The van der Waals surface area contributed by atoms with Gasteiger partial charge < -0.3 is 0 Å². The lowest BCUT2D eigenvalue weighted by Gasteiger charge is -2.24. The molecule has 0 heterocycles. The normalized spacial score (nSPS) is 19.3. The number of benzene rings is 1. The van der Waals surface area contributed by atoms with Gasteiger partial charge in [-0.25, -0.2) is 9.18 Å². The van der Waals surface area contributed by atoms with E-state index in [1.165, 1.54) is 6.92 Å². The van der Waals surface area contributed by atoms with E-state index in [1.807, 2.05) is 0 Å². The Balaban J connectivity index is 2.46. The van der Waals surface area contributed by atoms with Crippen LogP contribution in [-0.2, 0) is 10.3 Å². The van der Waals surface area contributed by atoms with Crippen molar-refractivity contribution < 1.29 is 9.18 Å². The lowest BCUT2D eigenvalue weighted by atomic mass is 9.88. The monoisotopic (exact) mass is 267 g/mol. The lowest BCUT2D eigenvalue weighted by Crippen LogP contribution is -2.19. The summed E-state index contributed by atoms with van der Waals surface area (Å²) in [5, 5.41) is 0.484. The predicted octanol–water partition coefficient (Wildman–Crippen LogP) is 4.48. The van der Waals surface area contributed by atoms with Gasteiger partial charge in [-0.2, -0.15) is 4.99 Å². The van der Waals surface area contributed by atoms with Crippen molar-refractivity contribution in [3.05, 3.63) is 34.3 Å². The van der Waals surface area contributed by atoms with E-state index in [0.717, 1.165) is 31.2 Å². The number of hydrogen-bond acceptors (Lipinski definition) is 2. The first-order valence-electron chi connectivity index (χ1n) is 6.12. The fraction of sp³-hybridized carbons (Fsp3) is 0.500. The zero-order chi connectivity index (χ0) is 13.2. The summed E-state index contributed by atoms with van der Waals surface area (Å²) in [6.45, 7) is 1.47. The maximum absolute atomic E-state index is 13.2. The first-order valence-corrected chi connectivity index (χ1v) is 6.50. The van der Waals surface area contributed by atoms with Crippen LogP contribution in [0.25, 0.3) is 0 Å². The largest absolute Gasteiger partial charge is 0.243 e. The van der Waals surface area contributed by atoms with Crippen molar-refractivity contribution in [2.24, 2.45) is 4.99 Å². The minimum atomic E-state index is -1.05. The van der Waals surface area contributed by atoms with E-state index >= 15 is 0 Å². The van der Waals surface area contributed by atoms with E-state index in [4.69, 9.17) is 11.6 Å². The van der Waals surface area contributed by atoms with Crippen molar-refractivity contribution in [3.8, 4) is 0 Å². The van der Waals surface area contributed by atoms with Crippen molar-refractivity contribution in [1.29, 1.82) is 0 Å². The van der Waals surface area contributed by atoms with Gasteiger partial charge in [-0.1, -0.05) is 36.6 Å². The van der Waals surface area contributed by atoms with Gasteiger partial charge in [0.2, 0.25) is 6.08 Å². The van der Waals surface area contributed by atoms with Crippen LogP contribution in [0.5, 0.6) is 0 Å². The molecule has 1 atom stereocenters. The Morgan fingerprint density at radius 2 is 2.11 bits per heavy atom. The molecule has 0 radical (unpaired) electrons. The van der Waals surface area contributed by atoms with Crippen molar-refractivity contribution in [2.75, 3.05) is 0 Å². The molecule has 1 aliphatic rings. The minimum Gasteiger partial charge on any atom is -0.243 e. The van der Waals surface area contributed by atoms with Gasteiger partial charge in [0.05, 0.1) is 5.54 Å². The number of carbonyl (C=O) groups excluding carboxylic acids is 1. The maximum Gasteiger partial charge on any atom is 0.235 e. The van der Waals surface area contributed by atoms with Crippen molar-refractivity contribution in [2.45, 2.75) is 44.3 Å². The fourth-order valence-electron chi connectivity index (χ4n) is 2.64. The van der Waals surface area contributed by atoms with Crippen LogP contribution in [-0.4, -0.2) is 6.08 Å². The van der Waals surface area contributed by atoms with Crippen LogP contribution in [0.4, 0.5) is 4.39 Å². The van der Waals surface area contributed by atoms with Crippen LogP contribution in [0.15, 0.2) is 23.2 Å². The Bertz CT molecular complexity index is 489. The van der Waals surface area contributed by atoms with Crippen LogP contribution in [0.2, 0.25) is 5.02 Å². The highest BCUT2D eigenvalue weighted by Gasteiger charge is 2.37. The van der Waals surface area contributed by atoms with E-state index in [-0.39, 0.29) is 0 Å². The Morgan fingerprint density at radius 1 is 1.44 bits per heavy atom. The fourth-order valence-corrected chi connectivity index (χ4v) is 3.01. The van der Waals surface area contributed by atoms with Gasteiger partial charge >= 0.3 is 0 Å². The average Bonchev–Trinajstić information content (AvgIpc) is 2.78. The van der Waals surface area contributed by atoms with Crippen molar-refractivity contribution >= 4 is 17.7 Å². The molecule has 4 heteroatoms. The average molecular weight is 268 g/mol. The van der Waals surface area contributed by atoms with Crippen LogP contribution >= 0.6 is 11.6 Å². The van der Waals surface area contributed by atoms with Crippen LogP contribution in [0.3, 0.4) is 0 Å². The summed E-state index contributed by atoms with van der Waals surface area (Å²) in [6, 6.07) is 5.13. The number of aliphatic imine (C=N–C) groups is 1. The lowest BCUT2D eigenvalue weighted by molar-refractivity contribution is 0.373. The molecule has 0 spiro atoms. The molecule has 2 rings (SSSR count). The smallest absolute Gasteiger partial charge is 0.235 e. The summed E-state index contributed by atoms with van der Waals surface area (Å²) in [6.07, 6.45) is 4.23. The predicted molar refractivity (Wildman–Crippen MR) is 69.2 cm³/mol. The number of isocyanates is 1. The molecular formula is C14H15ClFNO. The zero-order valence-electron chi connectivity index (χ0n) is 10.2. The standard InChI is InChI=1S/C14H15ClFNO/c1-10(16)11-4-5-12(13(15)8-11)14(17-9-18)6-2-3-7-14/h4-5,8,10H,2-3,6-7H2,1H3. The van der Waals surface area contributed by atoms with Gasteiger partial charge in [0, 0.05) is 5.02 Å². The molecule has 0 aliphatic heterocycles. The van der Waals surface area contributed by atoms with E-state index in [0.29, 0.717) is 10.6 Å². The van der Waals surface area contributed by atoms with Crippen LogP contribution < -0.4 is 0 Å². The number of alkyl halides is 1. The summed E-state index contributed by atoms with van der Waals surface area (Å²) in [4.78, 5) is 14.6. The molecule has 0 amide bonds. The molecule has 18 heavy (non-hydrogen) atoms. The third-order valence-electron chi connectivity index (χ3n) is 3.64. The van der Waals surface area contributed by atoms with Gasteiger partial charge in [0.1, 0.15) is 6.17 Å². The molecule has 2 nitrogen and oxygen atoms in total. The highest BCUT2D eigenvalue weighted by molar-refractivity contribution is 6.31. The molecule has 0 bridgehead atoms. The quantitative estimate of drug-likeness (QED) is 0.587. The third kappa shape index (κ3) is 2.33. The number of nitrogens with zero attached hydrogens (tertiary/aromatic N) is 1. The van der Waals surface area contributed by atoms with Gasteiger partial charge in [-0.05, 0) is 37.0 Å². The molecule has 1 aromatic rings. The molecule has 0 N–H and O–H groups in total. The second-order valence-electron chi connectivity index (χ2n) is 4.80. The minimum absolute atomic E-state index is 0.484. The molecule has 1 aromatic carbocycles. The van der Waals surface area contributed by atoms with Gasteiger partial charge in [0.25, 0.3) is 0 Å². The second kappa shape index (κ2) is 5.21. The summed E-state index contributed by atoms with van der Waals surface area (Å²) < 4.78 is 13.2. The van der Waals surface area contributed by atoms with E-state index in [9.17, 15) is 9.18 Å². The SMILES string of the molecule is CC(F)c1ccc(C2(N=C=O)CCCC2)c(Cl)c1. The maximum atomic E-state index is 13.2. The summed E-state index contributed by atoms with van der Waals surface area (Å²) >= 11 is 6.22. The highest BCUT2D eigenvalue weighted by Crippen LogP contribution is 2.45. The number of hydrogen-bond donors (Lipinski definition) is 0. The Labute approximate surface area is 111 Å². The Hall–Kier alpha value is -1.18. The van der Waals surface area contributed by atoms with Crippen LogP contribution in [0.1, 0.15) is 49.9 Å². The van der Waals surface area contributed by atoms with E-state index in [2.05, 4.69) is 4.99 Å². The summed E-state index contributed by atoms with van der Waals surface area (Å²) in [5.41, 5.74) is 0.818. The summed E-state index contributed by atoms with van der Waals surface area (Å²) in [5.74, 6) is 0. The van der Waals surface area contributed by atoms with E-state index < -0.39 is 11.7 Å². The van der Waals surface area contributed by atoms with Gasteiger partial charge in [-0.3, -0.25) is 0 Å². The molecule has 1 aliphatic carbocycles. The second-order valence-corrected chi connectivity index (χ2v) is 5.20. The van der Waals surface area contributed by atoms with Gasteiger partial charge in [-0.15, -0.1) is 0 Å².